The molecule has 1 aromatic carbocycles. The quantitative estimate of drug-likeness (QED) is 0.636. The van der Waals surface area contributed by atoms with Crippen LogP contribution in [0.4, 0.5) is 0 Å². The van der Waals surface area contributed by atoms with Gasteiger partial charge in [0.25, 0.3) is 0 Å². The van der Waals surface area contributed by atoms with E-state index in [-0.39, 0.29) is 24.2 Å². The van der Waals surface area contributed by atoms with Crippen LogP contribution < -0.4 is 10.0 Å². The lowest BCUT2D eigenvalue weighted by Crippen LogP contribution is -2.51. The first-order chi connectivity index (χ1) is 13.0. The molecule has 1 atom stereocenters. The van der Waals surface area contributed by atoms with Crippen molar-refractivity contribution in [2.45, 2.75) is 57.5 Å². The van der Waals surface area contributed by atoms with Crippen molar-refractivity contribution in [1.29, 1.82) is 0 Å². The summed E-state index contributed by atoms with van der Waals surface area (Å²) in [6.45, 7) is 4.15. The number of piperidine rings is 1. The van der Waals surface area contributed by atoms with Crippen molar-refractivity contribution in [2.75, 3.05) is 12.8 Å². The summed E-state index contributed by atoms with van der Waals surface area (Å²) in [6, 6.07) is 6.11. The van der Waals surface area contributed by atoms with Crippen molar-refractivity contribution >= 4 is 26.0 Å². The maximum atomic E-state index is 12.5. The number of carbonyl (C=O) groups excluding carboxylic acids is 1. The lowest BCUT2D eigenvalue weighted by molar-refractivity contribution is -0.125. The van der Waals surface area contributed by atoms with Gasteiger partial charge in [0.1, 0.15) is 6.04 Å². The van der Waals surface area contributed by atoms with Crippen LogP contribution in [0.25, 0.3) is 0 Å². The van der Waals surface area contributed by atoms with E-state index in [0.29, 0.717) is 18.5 Å². The fourth-order valence-corrected chi connectivity index (χ4v) is 5.80. The lowest BCUT2D eigenvalue weighted by Gasteiger charge is -2.32. The lowest BCUT2D eigenvalue weighted by atomic mass is 10.0. The first kappa shape index (κ1) is 22.8. The van der Waals surface area contributed by atoms with Gasteiger partial charge in [-0.2, -0.15) is 4.31 Å². The Kier molecular flexibility index (Phi) is 7.60. The van der Waals surface area contributed by atoms with E-state index in [2.05, 4.69) is 10.0 Å². The molecule has 0 saturated carbocycles. The third-order valence-corrected chi connectivity index (χ3v) is 7.28. The van der Waals surface area contributed by atoms with Gasteiger partial charge in [0.15, 0.2) is 0 Å². The highest BCUT2D eigenvalue weighted by molar-refractivity contribution is 7.88. The fourth-order valence-electron chi connectivity index (χ4n) is 3.24. The first-order valence-electron chi connectivity index (χ1n) is 9.30. The summed E-state index contributed by atoms with van der Waals surface area (Å²) in [4.78, 5) is 12.5. The standard InChI is InChI=1S/C18H29N3O5S2/c1-14(2)20-28(25,26)13-16-9-7-15(8-10-16)12-19-18(22)17-6-4-5-11-21(17)27(3,23)24/h7-10,14,17,20H,4-6,11-13H2,1-3H3,(H,19,22). The highest BCUT2D eigenvalue weighted by Crippen LogP contribution is 2.20. The van der Waals surface area contributed by atoms with Gasteiger partial charge in [0.05, 0.1) is 12.0 Å². The van der Waals surface area contributed by atoms with E-state index >= 15 is 0 Å². The van der Waals surface area contributed by atoms with Crippen LogP contribution in [0.1, 0.15) is 44.2 Å². The van der Waals surface area contributed by atoms with E-state index in [4.69, 9.17) is 0 Å². The Morgan fingerprint density at radius 2 is 1.71 bits per heavy atom. The van der Waals surface area contributed by atoms with Crippen LogP contribution in [0.2, 0.25) is 0 Å². The molecule has 1 aliphatic heterocycles. The summed E-state index contributed by atoms with van der Waals surface area (Å²) in [5.74, 6) is -0.415. The number of sulfonamides is 2. The number of hydrogen-bond acceptors (Lipinski definition) is 5. The van der Waals surface area contributed by atoms with Crippen LogP contribution in [-0.2, 0) is 37.1 Å². The minimum absolute atomic E-state index is 0.108. The van der Waals surface area contributed by atoms with Gasteiger partial charge in [-0.05, 0) is 37.8 Å². The summed E-state index contributed by atoms with van der Waals surface area (Å²) < 4.78 is 51.5. The van der Waals surface area contributed by atoms with Gasteiger partial charge in [-0.3, -0.25) is 4.79 Å². The maximum Gasteiger partial charge on any atom is 0.238 e. The average molecular weight is 432 g/mol. The van der Waals surface area contributed by atoms with E-state index in [9.17, 15) is 21.6 Å². The number of hydrogen-bond donors (Lipinski definition) is 2. The molecule has 0 bridgehead atoms. The van der Waals surface area contributed by atoms with Crippen molar-refractivity contribution in [3.05, 3.63) is 35.4 Å². The molecular formula is C18H29N3O5S2. The molecule has 1 fully saturated rings. The zero-order chi connectivity index (χ0) is 20.9. The Balaban J connectivity index is 1.94. The highest BCUT2D eigenvalue weighted by Gasteiger charge is 2.34. The van der Waals surface area contributed by atoms with Gasteiger partial charge >= 0.3 is 0 Å². The fraction of sp³-hybridized carbons (Fsp3) is 0.611. The molecule has 1 amide bonds. The second-order valence-corrected chi connectivity index (χ2v) is 11.1. The van der Waals surface area contributed by atoms with Crippen LogP contribution >= 0.6 is 0 Å². The van der Waals surface area contributed by atoms with Gasteiger partial charge < -0.3 is 5.32 Å². The zero-order valence-corrected chi connectivity index (χ0v) is 18.1. The minimum atomic E-state index is -3.43. The molecule has 2 N–H and O–H groups in total. The van der Waals surface area contributed by atoms with Crippen LogP contribution in [0.15, 0.2) is 24.3 Å². The molecule has 1 aromatic rings. The number of amides is 1. The Labute approximate surface area is 167 Å². The Morgan fingerprint density at radius 3 is 2.29 bits per heavy atom. The van der Waals surface area contributed by atoms with E-state index in [0.717, 1.165) is 24.7 Å². The molecule has 2 rings (SSSR count). The topological polar surface area (TPSA) is 113 Å². The molecule has 28 heavy (non-hydrogen) atoms. The third-order valence-electron chi connectivity index (χ3n) is 4.44. The minimum Gasteiger partial charge on any atom is -0.351 e. The molecule has 8 nitrogen and oxygen atoms in total. The zero-order valence-electron chi connectivity index (χ0n) is 16.5. The first-order valence-corrected chi connectivity index (χ1v) is 12.8. The van der Waals surface area contributed by atoms with Gasteiger partial charge in [0, 0.05) is 19.1 Å². The molecule has 1 saturated heterocycles. The molecule has 1 unspecified atom stereocenters. The van der Waals surface area contributed by atoms with Crippen molar-refractivity contribution in [2.24, 2.45) is 0 Å². The van der Waals surface area contributed by atoms with Crippen molar-refractivity contribution in [3.8, 4) is 0 Å². The van der Waals surface area contributed by atoms with Gasteiger partial charge in [-0.1, -0.05) is 30.7 Å². The number of rotatable bonds is 8. The van der Waals surface area contributed by atoms with Crippen molar-refractivity contribution < 1.29 is 21.6 Å². The second-order valence-electron chi connectivity index (χ2n) is 7.45. The van der Waals surface area contributed by atoms with Gasteiger partial charge in [0.2, 0.25) is 26.0 Å². The molecule has 10 heteroatoms. The Morgan fingerprint density at radius 1 is 1.11 bits per heavy atom. The van der Waals surface area contributed by atoms with Crippen LogP contribution in [0.3, 0.4) is 0 Å². The average Bonchev–Trinajstić information content (AvgIpc) is 2.58. The van der Waals surface area contributed by atoms with Crippen LogP contribution in [0, 0.1) is 0 Å². The van der Waals surface area contributed by atoms with E-state index in [1.165, 1.54) is 4.31 Å². The van der Waals surface area contributed by atoms with Crippen molar-refractivity contribution in [3.63, 3.8) is 0 Å². The Hall–Kier alpha value is -1.49. The molecule has 0 radical (unpaired) electrons. The monoisotopic (exact) mass is 431 g/mol. The van der Waals surface area contributed by atoms with E-state index in [1.807, 2.05) is 0 Å². The third kappa shape index (κ3) is 6.84. The molecule has 1 aliphatic rings. The summed E-state index contributed by atoms with van der Waals surface area (Å²) in [6.07, 6.45) is 3.21. The molecule has 0 aliphatic carbocycles. The second kappa shape index (κ2) is 9.34. The van der Waals surface area contributed by atoms with Gasteiger partial charge in [-0.15, -0.1) is 0 Å². The van der Waals surface area contributed by atoms with Crippen LogP contribution in [0.5, 0.6) is 0 Å². The summed E-state index contributed by atoms with van der Waals surface area (Å²) in [5, 5.41) is 2.79. The highest BCUT2D eigenvalue weighted by atomic mass is 32.2. The largest absolute Gasteiger partial charge is 0.351 e. The van der Waals surface area contributed by atoms with Crippen molar-refractivity contribution in [1.82, 2.24) is 14.3 Å². The number of benzene rings is 1. The van der Waals surface area contributed by atoms with E-state index in [1.54, 1.807) is 38.1 Å². The SMILES string of the molecule is CC(C)NS(=O)(=O)Cc1ccc(CNC(=O)C2CCCCN2S(C)(=O)=O)cc1. The van der Waals surface area contributed by atoms with E-state index < -0.39 is 26.1 Å². The predicted octanol–water partition coefficient (Wildman–Crippen LogP) is 0.945. The smallest absolute Gasteiger partial charge is 0.238 e. The molecule has 0 aromatic heterocycles. The summed E-state index contributed by atoms with van der Waals surface area (Å²) in [5.41, 5.74) is 1.46. The molecular weight excluding hydrogens is 402 g/mol. The normalized spacial score (nSPS) is 18.9. The maximum absolute atomic E-state index is 12.5. The molecule has 158 valence electrons. The summed E-state index contributed by atoms with van der Waals surface area (Å²) >= 11 is 0. The predicted molar refractivity (Wildman–Crippen MR) is 108 cm³/mol. The number of carbonyl (C=O) groups is 1. The molecule has 1 heterocycles. The van der Waals surface area contributed by atoms with Crippen LogP contribution in [-0.4, -0.2) is 51.9 Å². The number of nitrogens with one attached hydrogen (secondary N) is 2. The van der Waals surface area contributed by atoms with Gasteiger partial charge in [-0.25, -0.2) is 21.6 Å². The number of nitrogens with zero attached hydrogens (tertiary/aromatic N) is 1. The molecule has 0 spiro atoms. The Bertz CT molecular complexity index is 880. The summed E-state index contributed by atoms with van der Waals surface area (Å²) in [7, 11) is -6.81.